The molecule has 0 radical (unpaired) electrons. The van der Waals surface area contributed by atoms with Crippen LogP contribution in [0.3, 0.4) is 0 Å². The van der Waals surface area contributed by atoms with E-state index >= 15 is 0 Å². The fourth-order valence-electron chi connectivity index (χ4n) is 5.82. The summed E-state index contributed by atoms with van der Waals surface area (Å²) in [6, 6.07) is 6.24. The molecule has 1 aromatic heterocycles. The van der Waals surface area contributed by atoms with E-state index in [1.807, 2.05) is 0 Å². The van der Waals surface area contributed by atoms with Crippen LogP contribution < -0.4 is 21.0 Å². The SMILES string of the molecule is CCCCCCCCC=CCCCCCCCCOC(=O)[C@H](C)NP(=O)(OC[C@H]1O[C@@H](n2ccc(N)nc2=O)[C@](C)(O)[C@@H]1O)Oc1ccc(Cl)cc1. The van der Waals surface area contributed by atoms with Crippen molar-refractivity contribution < 1.29 is 38.1 Å². The van der Waals surface area contributed by atoms with Crippen LogP contribution in [0.15, 0.2) is 53.5 Å². The minimum atomic E-state index is -4.34. The summed E-state index contributed by atoms with van der Waals surface area (Å²) in [5.74, 6) is -0.546. The molecule has 0 saturated carbocycles. The van der Waals surface area contributed by atoms with E-state index in [2.05, 4.69) is 29.1 Å². The maximum atomic E-state index is 14.0. The van der Waals surface area contributed by atoms with Crippen LogP contribution in [0.25, 0.3) is 0 Å². The molecule has 6 atom stereocenters. The second-order valence-corrected chi connectivity index (χ2v) is 15.7. The van der Waals surface area contributed by atoms with Gasteiger partial charge in [0.25, 0.3) is 0 Å². The maximum absolute atomic E-state index is 14.0. The molecule has 2 aromatic rings. The fourth-order valence-corrected chi connectivity index (χ4v) is 7.44. The molecule has 3 rings (SSSR count). The summed E-state index contributed by atoms with van der Waals surface area (Å²) in [6.07, 6.45) is 18.1. The molecule has 1 aliphatic rings. The first-order valence-electron chi connectivity index (χ1n) is 18.6. The van der Waals surface area contributed by atoms with Crippen LogP contribution in [0, 0.1) is 0 Å². The molecular weight excluding hydrogens is 711 g/mol. The Morgan fingerprint density at radius 1 is 1.06 bits per heavy atom. The first-order valence-corrected chi connectivity index (χ1v) is 20.5. The minimum absolute atomic E-state index is 0.0265. The number of ether oxygens (including phenoxy) is 2. The molecule has 1 aromatic carbocycles. The third-order valence-corrected chi connectivity index (χ3v) is 10.8. The predicted octanol–water partition coefficient (Wildman–Crippen LogP) is 7.25. The third kappa shape index (κ3) is 14.6. The highest BCUT2D eigenvalue weighted by molar-refractivity contribution is 7.52. The number of carbonyl (C=O) groups excluding carboxylic acids is 1. The van der Waals surface area contributed by atoms with Crippen molar-refractivity contribution in [1.29, 1.82) is 0 Å². The van der Waals surface area contributed by atoms with E-state index in [1.54, 1.807) is 0 Å². The minimum Gasteiger partial charge on any atom is -0.465 e. The number of nitrogens with one attached hydrogen (secondary N) is 1. The number of nitrogen functional groups attached to an aromatic ring is 1. The van der Waals surface area contributed by atoms with Gasteiger partial charge in [-0.2, -0.15) is 10.1 Å². The number of aliphatic hydroxyl groups is 2. The second-order valence-electron chi connectivity index (χ2n) is 13.5. The first-order chi connectivity index (χ1) is 24.9. The summed E-state index contributed by atoms with van der Waals surface area (Å²) in [5, 5.41) is 25.0. The van der Waals surface area contributed by atoms with E-state index < -0.39 is 56.1 Å². The molecule has 52 heavy (non-hydrogen) atoms. The molecule has 15 heteroatoms. The van der Waals surface area contributed by atoms with Crippen molar-refractivity contribution in [3.8, 4) is 5.75 Å². The lowest BCUT2D eigenvalue weighted by atomic mass is 9.96. The fraction of sp³-hybridized carbons (Fsp3) is 0.649. The van der Waals surface area contributed by atoms with E-state index in [-0.39, 0.29) is 18.2 Å². The van der Waals surface area contributed by atoms with Gasteiger partial charge in [0, 0.05) is 11.2 Å². The van der Waals surface area contributed by atoms with E-state index in [1.165, 1.54) is 108 Å². The van der Waals surface area contributed by atoms with Crippen LogP contribution in [0.5, 0.6) is 5.75 Å². The van der Waals surface area contributed by atoms with Crippen molar-refractivity contribution in [2.24, 2.45) is 0 Å². The van der Waals surface area contributed by atoms with Crippen LogP contribution >= 0.6 is 19.3 Å². The monoisotopic (exact) mass is 768 g/mol. The molecule has 0 amide bonds. The van der Waals surface area contributed by atoms with Crippen molar-refractivity contribution in [1.82, 2.24) is 14.6 Å². The van der Waals surface area contributed by atoms with E-state index in [4.69, 9.17) is 35.9 Å². The number of aromatic nitrogens is 2. The van der Waals surface area contributed by atoms with Gasteiger partial charge in [0.15, 0.2) is 6.23 Å². The number of anilines is 1. The van der Waals surface area contributed by atoms with Crippen LogP contribution in [-0.4, -0.2) is 62.8 Å². The summed E-state index contributed by atoms with van der Waals surface area (Å²) in [5.41, 5.74) is 2.80. The summed E-state index contributed by atoms with van der Waals surface area (Å²) in [7, 11) is -4.34. The van der Waals surface area contributed by atoms with Crippen molar-refractivity contribution in [2.75, 3.05) is 18.9 Å². The maximum Gasteiger partial charge on any atom is 0.459 e. The quantitative estimate of drug-likeness (QED) is 0.0344. The zero-order chi connectivity index (χ0) is 38.0. The van der Waals surface area contributed by atoms with E-state index in [0.29, 0.717) is 11.4 Å². The summed E-state index contributed by atoms with van der Waals surface area (Å²) >= 11 is 5.99. The molecule has 1 fully saturated rings. The summed E-state index contributed by atoms with van der Waals surface area (Å²) in [6.45, 7) is 4.65. The lowest BCUT2D eigenvalue weighted by molar-refractivity contribution is -0.145. The first kappa shape index (κ1) is 43.6. The lowest BCUT2D eigenvalue weighted by Crippen LogP contribution is -2.46. The Bertz CT molecular complexity index is 1490. The van der Waals surface area contributed by atoms with Gasteiger partial charge in [-0.15, -0.1) is 0 Å². The predicted molar refractivity (Wildman–Crippen MR) is 202 cm³/mol. The average Bonchev–Trinajstić information content (AvgIpc) is 3.33. The Morgan fingerprint density at radius 3 is 2.27 bits per heavy atom. The number of hydrogen-bond donors (Lipinski definition) is 4. The van der Waals surface area contributed by atoms with Gasteiger partial charge < -0.3 is 29.9 Å². The van der Waals surface area contributed by atoms with Gasteiger partial charge in [0.1, 0.15) is 35.4 Å². The van der Waals surface area contributed by atoms with Gasteiger partial charge in [-0.1, -0.05) is 88.5 Å². The highest BCUT2D eigenvalue weighted by atomic mass is 35.5. The van der Waals surface area contributed by atoms with Gasteiger partial charge in [-0.25, -0.2) is 9.36 Å². The van der Waals surface area contributed by atoms with E-state index in [9.17, 15) is 24.4 Å². The Kier molecular flexibility index (Phi) is 18.8. The number of rotatable bonds is 25. The second kappa shape index (κ2) is 22.4. The molecule has 1 unspecified atom stereocenters. The van der Waals surface area contributed by atoms with Crippen LogP contribution in [-0.2, 0) is 23.4 Å². The number of carbonyl (C=O) groups is 1. The van der Waals surface area contributed by atoms with Crippen molar-refractivity contribution in [3.05, 3.63) is 64.2 Å². The molecular formula is C37H58ClN4O9P. The van der Waals surface area contributed by atoms with Gasteiger partial charge in [0.2, 0.25) is 0 Å². The number of esters is 1. The standard InChI is InChI=1S/C37H58ClN4O9P/c1-4-5-6-7-8-9-10-11-12-13-14-15-16-17-18-19-26-48-34(44)28(2)41-52(47,51-30-22-20-29(38)21-23-30)49-27-31-33(43)37(3,46)35(50-31)42-25-24-32(39)40-36(42)45/h11-12,20-25,28,31,33,35,43,46H,4-10,13-19,26-27H2,1-3H3,(H,41,47)(H2,39,40,45)/t28-,31+,33+,35+,37+,52?/m0/s1. The normalized spacial score (nSPS) is 22.0. The number of allylic oxidation sites excluding steroid dienone is 2. The van der Waals surface area contributed by atoms with Crippen molar-refractivity contribution in [2.45, 2.75) is 141 Å². The molecule has 0 bridgehead atoms. The number of hydrogen-bond acceptors (Lipinski definition) is 11. The zero-order valence-electron chi connectivity index (χ0n) is 30.8. The van der Waals surface area contributed by atoms with Crippen molar-refractivity contribution in [3.63, 3.8) is 0 Å². The number of halogens is 1. The molecule has 292 valence electrons. The number of nitrogens with zero attached hydrogens (tertiary/aromatic N) is 2. The number of unbranched alkanes of at least 4 members (excludes halogenated alkanes) is 12. The lowest BCUT2D eigenvalue weighted by Gasteiger charge is -2.27. The van der Waals surface area contributed by atoms with Crippen LogP contribution in [0.4, 0.5) is 5.82 Å². The molecule has 5 N–H and O–H groups in total. The highest BCUT2D eigenvalue weighted by Gasteiger charge is 2.54. The largest absolute Gasteiger partial charge is 0.465 e. The Morgan fingerprint density at radius 2 is 1.65 bits per heavy atom. The molecule has 1 aliphatic heterocycles. The van der Waals surface area contributed by atoms with Crippen LogP contribution in [0.2, 0.25) is 5.02 Å². The number of benzene rings is 1. The molecule has 0 spiro atoms. The Hall–Kier alpha value is -2.77. The van der Waals surface area contributed by atoms with Crippen LogP contribution in [0.1, 0.15) is 117 Å². The average molecular weight is 769 g/mol. The molecule has 0 aliphatic carbocycles. The smallest absolute Gasteiger partial charge is 0.459 e. The van der Waals surface area contributed by atoms with E-state index in [0.717, 1.165) is 30.3 Å². The van der Waals surface area contributed by atoms with Gasteiger partial charge in [-0.3, -0.25) is 13.9 Å². The zero-order valence-corrected chi connectivity index (χ0v) is 32.4. The van der Waals surface area contributed by atoms with Crippen molar-refractivity contribution >= 4 is 31.1 Å². The number of aliphatic hydroxyl groups excluding tert-OH is 1. The molecule has 13 nitrogen and oxygen atoms in total. The third-order valence-electron chi connectivity index (χ3n) is 8.91. The topological polar surface area (TPSA) is 184 Å². The van der Waals surface area contributed by atoms with Gasteiger partial charge >= 0.3 is 19.4 Å². The Labute approximate surface area is 312 Å². The highest BCUT2D eigenvalue weighted by Crippen LogP contribution is 2.47. The summed E-state index contributed by atoms with van der Waals surface area (Å²) in [4.78, 5) is 28.9. The summed E-state index contributed by atoms with van der Waals surface area (Å²) < 4.78 is 37.6. The number of nitrogens with two attached hydrogens (primary N) is 1. The molecule has 2 heterocycles. The Balaban J connectivity index is 1.43. The van der Waals surface area contributed by atoms with Gasteiger partial charge in [-0.05, 0) is 76.3 Å². The molecule has 1 saturated heterocycles. The van der Waals surface area contributed by atoms with Gasteiger partial charge in [0.05, 0.1) is 13.2 Å².